The van der Waals surface area contributed by atoms with Gasteiger partial charge in [0.2, 0.25) is 11.6 Å². The Morgan fingerprint density at radius 2 is 1.70 bits per heavy atom. The van der Waals surface area contributed by atoms with Gasteiger partial charge in [-0.1, -0.05) is 36.4 Å². The average molecular weight is 444 g/mol. The van der Waals surface area contributed by atoms with E-state index >= 15 is 0 Å². The molecule has 0 fully saturated rings. The molecule has 0 aliphatic carbocycles. The number of phenols is 1. The van der Waals surface area contributed by atoms with Crippen LogP contribution in [0.15, 0.2) is 70.5 Å². The molecule has 168 valence electrons. The summed E-state index contributed by atoms with van der Waals surface area (Å²) in [6, 6.07) is 18.6. The van der Waals surface area contributed by atoms with Crippen molar-refractivity contribution in [3.8, 4) is 34.3 Å². The van der Waals surface area contributed by atoms with Gasteiger partial charge >= 0.3 is 0 Å². The van der Waals surface area contributed by atoms with E-state index in [0.717, 1.165) is 11.1 Å². The zero-order chi connectivity index (χ0) is 23.5. The highest BCUT2D eigenvalue weighted by Gasteiger charge is 2.15. The lowest BCUT2D eigenvalue weighted by Gasteiger charge is -2.12. The summed E-state index contributed by atoms with van der Waals surface area (Å²) in [5, 5.41) is 22.0. The van der Waals surface area contributed by atoms with Crippen LogP contribution in [0.25, 0.3) is 21.9 Å². The van der Waals surface area contributed by atoms with Gasteiger partial charge in [0, 0.05) is 24.0 Å². The van der Waals surface area contributed by atoms with Crippen LogP contribution in [-0.4, -0.2) is 35.2 Å². The van der Waals surface area contributed by atoms with Crippen LogP contribution in [-0.2, 0) is 13.6 Å². The first kappa shape index (κ1) is 22.0. The van der Waals surface area contributed by atoms with Crippen LogP contribution in [0.1, 0.15) is 11.1 Å². The molecule has 0 amide bonds. The number of aliphatic imine (C=N–C) groups is 1. The fraction of sp³-hybridized carbons (Fsp3) is 0.154. The number of phenolic OH excluding ortho intramolecular Hbond substituents is 1. The van der Waals surface area contributed by atoms with E-state index in [-0.39, 0.29) is 29.5 Å². The molecule has 0 unspecified atom stereocenters. The van der Waals surface area contributed by atoms with Gasteiger partial charge in [-0.05, 0) is 41.0 Å². The summed E-state index contributed by atoms with van der Waals surface area (Å²) in [5.41, 5.74) is 2.78. The molecule has 0 aliphatic rings. The average Bonchev–Trinajstić information content (AvgIpc) is 2.84. The van der Waals surface area contributed by atoms with Crippen molar-refractivity contribution in [2.45, 2.75) is 6.54 Å². The second kappa shape index (κ2) is 9.08. The van der Waals surface area contributed by atoms with Crippen molar-refractivity contribution < 1.29 is 19.7 Å². The number of benzene rings is 3. The quantitative estimate of drug-likeness (QED) is 0.434. The molecule has 0 saturated carbocycles. The minimum Gasteiger partial charge on any atom is -0.504 e. The Balaban J connectivity index is 1.77. The Morgan fingerprint density at radius 1 is 0.939 bits per heavy atom. The number of ether oxygens (including phenoxy) is 2. The molecule has 1 aromatic heterocycles. The van der Waals surface area contributed by atoms with Crippen LogP contribution in [0, 0.1) is 0 Å². The van der Waals surface area contributed by atoms with E-state index < -0.39 is 0 Å². The largest absolute Gasteiger partial charge is 0.504 e. The highest BCUT2D eigenvalue weighted by Crippen LogP contribution is 2.37. The summed E-state index contributed by atoms with van der Waals surface area (Å²) >= 11 is 0. The highest BCUT2D eigenvalue weighted by molar-refractivity contribution is 6.03. The van der Waals surface area contributed by atoms with Gasteiger partial charge in [-0.2, -0.15) is 0 Å². The lowest BCUT2D eigenvalue weighted by molar-refractivity contribution is 0.332. The number of fused-ring (bicyclic) bond motifs is 1. The first-order valence-corrected chi connectivity index (χ1v) is 10.3. The maximum Gasteiger partial charge on any atom is 0.260 e. The molecule has 4 rings (SSSR count). The standard InChI is InChI=1S/C26H24N2O5/c1-28-25(30)19-10-9-18(17-7-5-4-6-8-17)13-20(19)21(26(28)31)15-27-14-16-11-22(29)24(33-3)23(12-16)32-2/h4-13,15,29,31H,14H2,1-3H3. The maximum atomic E-state index is 12.7. The molecular formula is C26H24N2O5. The van der Waals surface area contributed by atoms with Crippen molar-refractivity contribution in [3.05, 3.63) is 82.1 Å². The van der Waals surface area contributed by atoms with Gasteiger partial charge in [-0.3, -0.25) is 14.4 Å². The van der Waals surface area contributed by atoms with Gasteiger partial charge in [0.05, 0.1) is 26.3 Å². The summed E-state index contributed by atoms with van der Waals surface area (Å²) in [6.45, 7) is 0.218. The zero-order valence-electron chi connectivity index (χ0n) is 18.6. The van der Waals surface area contributed by atoms with Crippen LogP contribution in [0.5, 0.6) is 23.1 Å². The Kier molecular flexibility index (Phi) is 6.04. The van der Waals surface area contributed by atoms with Crippen molar-refractivity contribution in [2.75, 3.05) is 14.2 Å². The number of methoxy groups -OCH3 is 2. The zero-order valence-corrected chi connectivity index (χ0v) is 18.6. The normalized spacial score (nSPS) is 11.2. The van der Waals surface area contributed by atoms with E-state index in [9.17, 15) is 15.0 Å². The van der Waals surface area contributed by atoms with Gasteiger partial charge in [-0.15, -0.1) is 0 Å². The molecule has 0 spiro atoms. The van der Waals surface area contributed by atoms with Gasteiger partial charge in [-0.25, -0.2) is 0 Å². The van der Waals surface area contributed by atoms with Gasteiger partial charge in [0.25, 0.3) is 5.56 Å². The minimum absolute atomic E-state index is 0.0510. The summed E-state index contributed by atoms with van der Waals surface area (Å²) < 4.78 is 11.6. The number of hydrogen-bond donors (Lipinski definition) is 2. The topological polar surface area (TPSA) is 93.3 Å². The predicted molar refractivity (Wildman–Crippen MR) is 129 cm³/mol. The number of aromatic hydroxyl groups is 2. The van der Waals surface area contributed by atoms with E-state index in [2.05, 4.69) is 4.99 Å². The van der Waals surface area contributed by atoms with Gasteiger partial charge in [0.15, 0.2) is 11.5 Å². The molecule has 0 saturated heterocycles. The number of rotatable bonds is 6. The maximum absolute atomic E-state index is 12.7. The summed E-state index contributed by atoms with van der Waals surface area (Å²) in [5.74, 6) is 0.424. The number of nitrogens with zero attached hydrogens (tertiary/aromatic N) is 2. The summed E-state index contributed by atoms with van der Waals surface area (Å²) in [7, 11) is 4.46. The van der Waals surface area contributed by atoms with Crippen LogP contribution < -0.4 is 15.0 Å². The highest BCUT2D eigenvalue weighted by atomic mass is 16.5. The van der Waals surface area contributed by atoms with Gasteiger partial charge in [0.1, 0.15) is 0 Å². The smallest absolute Gasteiger partial charge is 0.260 e. The second-order valence-electron chi connectivity index (χ2n) is 7.55. The lowest BCUT2D eigenvalue weighted by atomic mass is 9.99. The van der Waals surface area contributed by atoms with Gasteiger partial charge < -0.3 is 19.7 Å². The van der Waals surface area contributed by atoms with Crippen molar-refractivity contribution >= 4 is 17.0 Å². The Hall–Kier alpha value is -4.26. The molecule has 0 atom stereocenters. The molecule has 0 aliphatic heterocycles. The molecule has 7 nitrogen and oxygen atoms in total. The van der Waals surface area contributed by atoms with Crippen LogP contribution in [0.3, 0.4) is 0 Å². The Morgan fingerprint density at radius 3 is 2.39 bits per heavy atom. The third-order valence-electron chi connectivity index (χ3n) is 5.52. The van der Waals surface area contributed by atoms with Crippen molar-refractivity contribution in [2.24, 2.45) is 12.0 Å². The minimum atomic E-state index is -0.288. The molecule has 1 heterocycles. The molecule has 4 aromatic rings. The third kappa shape index (κ3) is 4.13. The molecule has 33 heavy (non-hydrogen) atoms. The molecule has 7 heteroatoms. The van der Waals surface area contributed by atoms with Crippen molar-refractivity contribution in [1.82, 2.24) is 4.57 Å². The molecular weight excluding hydrogens is 420 g/mol. The molecule has 3 aromatic carbocycles. The molecule has 0 bridgehead atoms. The van der Waals surface area contributed by atoms with E-state index in [0.29, 0.717) is 27.6 Å². The molecule has 0 radical (unpaired) electrons. The summed E-state index contributed by atoms with van der Waals surface area (Å²) in [4.78, 5) is 17.2. The van der Waals surface area contributed by atoms with E-state index in [1.807, 2.05) is 42.5 Å². The SMILES string of the molecule is COc1cc(CN=Cc2c(O)n(C)c(=O)c3ccc(-c4ccccc4)cc23)cc(O)c1OC. The van der Waals surface area contributed by atoms with E-state index in [1.165, 1.54) is 25.8 Å². The lowest BCUT2D eigenvalue weighted by Crippen LogP contribution is -2.18. The van der Waals surface area contributed by atoms with Crippen molar-refractivity contribution in [1.29, 1.82) is 0 Å². The summed E-state index contributed by atoms with van der Waals surface area (Å²) in [6.07, 6.45) is 1.54. The fourth-order valence-electron chi connectivity index (χ4n) is 3.80. The Bertz CT molecular complexity index is 1410. The van der Waals surface area contributed by atoms with Crippen molar-refractivity contribution in [3.63, 3.8) is 0 Å². The van der Waals surface area contributed by atoms with E-state index in [1.54, 1.807) is 24.4 Å². The van der Waals surface area contributed by atoms with E-state index in [4.69, 9.17) is 9.47 Å². The van der Waals surface area contributed by atoms with Crippen LogP contribution in [0.2, 0.25) is 0 Å². The number of hydrogen-bond acceptors (Lipinski definition) is 6. The number of pyridine rings is 1. The molecule has 2 N–H and O–H groups in total. The second-order valence-corrected chi connectivity index (χ2v) is 7.55. The Labute approximate surface area is 190 Å². The first-order valence-electron chi connectivity index (χ1n) is 10.3. The van der Waals surface area contributed by atoms with Crippen LogP contribution >= 0.6 is 0 Å². The predicted octanol–water partition coefficient (Wildman–Crippen LogP) is 4.25. The number of aromatic nitrogens is 1. The monoisotopic (exact) mass is 444 g/mol. The van der Waals surface area contributed by atoms with Crippen LogP contribution in [0.4, 0.5) is 0 Å². The third-order valence-corrected chi connectivity index (χ3v) is 5.52. The first-order chi connectivity index (χ1) is 15.9. The fourth-order valence-corrected chi connectivity index (χ4v) is 3.80.